The summed E-state index contributed by atoms with van der Waals surface area (Å²) >= 11 is 0. The zero-order chi connectivity index (χ0) is 25.0. The third-order valence-electron chi connectivity index (χ3n) is 6.02. The van der Waals surface area contributed by atoms with E-state index < -0.39 is 17.7 Å². The lowest BCUT2D eigenvalue weighted by Gasteiger charge is -2.27. The highest BCUT2D eigenvalue weighted by Gasteiger charge is 2.47. The van der Waals surface area contributed by atoms with Crippen LogP contribution in [-0.4, -0.2) is 70.2 Å². The molecule has 0 aliphatic carbocycles. The number of carbonyl (C=O) groups is 2. The highest BCUT2D eigenvalue weighted by molar-refractivity contribution is 6.46. The average molecular weight is 470 g/mol. The van der Waals surface area contributed by atoms with Gasteiger partial charge in [0.1, 0.15) is 23.0 Å². The molecule has 1 amide bonds. The summed E-state index contributed by atoms with van der Waals surface area (Å²) in [5, 5.41) is 11.3. The molecule has 1 fully saturated rings. The van der Waals surface area contributed by atoms with Crippen LogP contribution in [0.3, 0.4) is 0 Å². The number of ether oxygens (including phenoxy) is 3. The summed E-state index contributed by atoms with van der Waals surface area (Å²) in [5.41, 5.74) is 1.83. The normalized spacial score (nSPS) is 17.4. The van der Waals surface area contributed by atoms with E-state index in [4.69, 9.17) is 14.2 Å². The Balaban J connectivity index is 2.20. The van der Waals surface area contributed by atoms with E-state index in [1.165, 1.54) is 16.9 Å². The smallest absolute Gasteiger partial charge is 0.295 e. The van der Waals surface area contributed by atoms with Gasteiger partial charge in [0.2, 0.25) is 0 Å². The Labute approximate surface area is 200 Å². The molecule has 2 N–H and O–H groups in total. The number of aliphatic hydroxyl groups excluding tert-OH is 1. The Morgan fingerprint density at radius 2 is 1.68 bits per heavy atom. The van der Waals surface area contributed by atoms with Gasteiger partial charge in [-0.3, -0.25) is 9.59 Å². The van der Waals surface area contributed by atoms with Crippen LogP contribution in [0.15, 0.2) is 42.0 Å². The molecule has 1 unspecified atom stereocenters. The van der Waals surface area contributed by atoms with Gasteiger partial charge >= 0.3 is 0 Å². The molecule has 2 aromatic carbocycles. The van der Waals surface area contributed by atoms with E-state index in [0.717, 1.165) is 12.1 Å². The number of aliphatic hydroxyl groups is 1. The van der Waals surface area contributed by atoms with Crippen molar-refractivity contribution in [1.29, 1.82) is 0 Å². The number of hydrogen-bond donors (Lipinski definition) is 2. The van der Waals surface area contributed by atoms with Crippen molar-refractivity contribution in [2.45, 2.75) is 19.4 Å². The first-order chi connectivity index (χ1) is 16.2. The molecular formula is C26H33N2O6+. The second-order valence-corrected chi connectivity index (χ2v) is 8.60. The summed E-state index contributed by atoms with van der Waals surface area (Å²) in [6.45, 7) is 3.03. The Bertz CT molecular complexity index is 1110. The summed E-state index contributed by atoms with van der Waals surface area (Å²) in [7, 11) is 8.70. The predicted octanol–water partition coefficient (Wildman–Crippen LogP) is 1.98. The van der Waals surface area contributed by atoms with E-state index in [-0.39, 0.29) is 11.3 Å². The molecule has 0 aromatic heterocycles. The predicted molar refractivity (Wildman–Crippen MR) is 129 cm³/mol. The number of ketones is 1. The zero-order valence-corrected chi connectivity index (χ0v) is 20.6. The second kappa shape index (κ2) is 10.6. The van der Waals surface area contributed by atoms with Crippen LogP contribution < -0.4 is 19.1 Å². The van der Waals surface area contributed by atoms with Crippen molar-refractivity contribution in [2.24, 2.45) is 0 Å². The molecule has 1 aliphatic heterocycles. The summed E-state index contributed by atoms with van der Waals surface area (Å²) < 4.78 is 16.3. The van der Waals surface area contributed by atoms with Gasteiger partial charge in [-0.05, 0) is 48.9 Å². The van der Waals surface area contributed by atoms with Gasteiger partial charge in [-0.25, -0.2) is 0 Å². The first kappa shape index (κ1) is 25.1. The number of quaternary nitrogens is 1. The topological polar surface area (TPSA) is 89.7 Å². The largest absolute Gasteiger partial charge is 0.507 e. The molecule has 1 saturated heterocycles. The molecule has 0 spiro atoms. The van der Waals surface area contributed by atoms with E-state index in [1.807, 2.05) is 21.0 Å². The number of nitrogens with zero attached hydrogens (tertiary/aromatic N) is 1. The maximum atomic E-state index is 13.3. The molecule has 0 radical (unpaired) electrons. The van der Waals surface area contributed by atoms with Gasteiger partial charge < -0.3 is 29.1 Å². The molecular weight excluding hydrogens is 436 g/mol. The van der Waals surface area contributed by atoms with Crippen molar-refractivity contribution in [1.82, 2.24) is 4.90 Å². The SMILES string of the molecule is COc1ccc(OC)c(C2C(=C(O)c3ccc(OC)c(C)c3)C(=O)C(=O)N2CCC[NH+](C)C)c1. The number of aryl methyl sites for hydroxylation is 1. The number of likely N-dealkylation sites (tertiary alicyclic amines) is 1. The quantitative estimate of drug-likeness (QED) is 0.332. The lowest BCUT2D eigenvalue weighted by Crippen LogP contribution is -3.05. The number of benzene rings is 2. The Morgan fingerprint density at radius 1 is 1.00 bits per heavy atom. The van der Waals surface area contributed by atoms with Gasteiger partial charge in [0, 0.05) is 24.1 Å². The number of methoxy groups -OCH3 is 3. The van der Waals surface area contributed by atoms with E-state index in [1.54, 1.807) is 50.6 Å². The number of Topliss-reactive ketones (excluding diaryl/α,β-unsaturated/α-hetero) is 1. The van der Waals surface area contributed by atoms with Gasteiger partial charge in [-0.2, -0.15) is 0 Å². The number of carbonyl (C=O) groups excluding carboxylic acids is 2. The molecule has 182 valence electrons. The molecule has 1 heterocycles. The van der Waals surface area contributed by atoms with Crippen LogP contribution in [0, 0.1) is 6.92 Å². The molecule has 0 bridgehead atoms. The van der Waals surface area contributed by atoms with Crippen molar-refractivity contribution in [3.63, 3.8) is 0 Å². The van der Waals surface area contributed by atoms with Gasteiger partial charge in [0.15, 0.2) is 0 Å². The number of rotatable bonds is 9. The zero-order valence-electron chi connectivity index (χ0n) is 20.6. The monoisotopic (exact) mass is 469 g/mol. The Hall–Kier alpha value is -3.52. The third-order valence-corrected chi connectivity index (χ3v) is 6.02. The highest BCUT2D eigenvalue weighted by Crippen LogP contribution is 2.44. The van der Waals surface area contributed by atoms with E-state index in [0.29, 0.717) is 41.3 Å². The van der Waals surface area contributed by atoms with Gasteiger partial charge in [-0.15, -0.1) is 0 Å². The lowest BCUT2D eigenvalue weighted by molar-refractivity contribution is -0.858. The van der Waals surface area contributed by atoms with Crippen molar-refractivity contribution < 1.29 is 33.8 Å². The van der Waals surface area contributed by atoms with E-state index in [2.05, 4.69) is 0 Å². The van der Waals surface area contributed by atoms with E-state index in [9.17, 15) is 14.7 Å². The Morgan fingerprint density at radius 3 is 2.26 bits per heavy atom. The number of amides is 1. The molecule has 2 aromatic rings. The van der Waals surface area contributed by atoms with Crippen molar-refractivity contribution in [3.05, 3.63) is 58.7 Å². The summed E-state index contributed by atoms with van der Waals surface area (Å²) in [4.78, 5) is 29.2. The first-order valence-corrected chi connectivity index (χ1v) is 11.2. The minimum atomic E-state index is -0.815. The minimum Gasteiger partial charge on any atom is -0.507 e. The summed E-state index contributed by atoms with van der Waals surface area (Å²) in [6.07, 6.45) is 0.694. The van der Waals surface area contributed by atoms with Crippen molar-refractivity contribution in [3.8, 4) is 17.2 Å². The van der Waals surface area contributed by atoms with Crippen LogP contribution in [0.25, 0.3) is 5.76 Å². The fraction of sp³-hybridized carbons (Fsp3) is 0.385. The lowest BCUT2D eigenvalue weighted by atomic mass is 9.94. The van der Waals surface area contributed by atoms with Gasteiger partial charge in [-0.1, -0.05) is 0 Å². The van der Waals surface area contributed by atoms with Crippen LogP contribution in [0.5, 0.6) is 17.2 Å². The van der Waals surface area contributed by atoms with Crippen LogP contribution in [0.1, 0.15) is 29.2 Å². The minimum absolute atomic E-state index is 0.0262. The number of nitrogens with one attached hydrogen (secondary N) is 1. The van der Waals surface area contributed by atoms with Gasteiger partial charge in [0.05, 0.1) is 53.6 Å². The molecule has 1 atom stereocenters. The molecule has 8 nitrogen and oxygen atoms in total. The fourth-order valence-corrected chi connectivity index (χ4v) is 4.27. The van der Waals surface area contributed by atoms with E-state index >= 15 is 0 Å². The molecule has 8 heteroatoms. The Kier molecular flexibility index (Phi) is 7.83. The standard InChI is InChI=1S/C26H32N2O6/c1-16-14-17(8-10-20(16)33-5)24(29)22-23(19-15-18(32-4)9-11-21(19)34-6)28(26(31)25(22)30)13-7-12-27(2)3/h8-11,14-15,23,29H,7,12-13H2,1-6H3/p+1. The van der Waals surface area contributed by atoms with Crippen molar-refractivity contribution in [2.75, 3.05) is 48.5 Å². The second-order valence-electron chi connectivity index (χ2n) is 8.60. The summed E-state index contributed by atoms with van der Waals surface area (Å²) in [5.74, 6) is 0.106. The third kappa shape index (κ3) is 4.87. The molecule has 34 heavy (non-hydrogen) atoms. The fourth-order valence-electron chi connectivity index (χ4n) is 4.27. The van der Waals surface area contributed by atoms with Gasteiger partial charge in [0.25, 0.3) is 11.7 Å². The van der Waals surface area contributed by atoms with Crippen LogP contribution in [0.4, 0.5) is 0 Å². The maximum absolute atomic E-state index is 13.3. The highest BCUT2D eigenvalue weighted by atomic mass is 16.5. The molecule has 1 aliphatic rings. The summed E-state index contributed by atoms with van der Waals surface area (Å²) in [6, 6.07) is 9.53. The van der Waals surface area contributed by atoms with Crippen LogP contribution in [-0.2, 0) is 9.59 Å². The first-order valence-electron chi connectivity index (χ1n) is 11.2. The van der Waals surface area contributed by atoms with Crippen LogP contribution >= 0.6 is 0 Å². The average Bonchev–Trinajstić information content (AvgIpc) is 3.07. The molecule has 3 rings (SSSR count). The maximum Gasteiger partial charge on any atom is 0.295 e. The van der Waals surface area contributed by atoms with Crippen LogP contribution in [0.2, 0.25) is 0 Å². The molecule has 0 saturated carbocycles. The number of hydrogen-bond acceptors (Lipinski definition) is 6. The van der Waals surface area contributed by atoms with Crippen molar-refractivity contribution >= 4 is 17.4 Å².